The Kier molecular flexibility index (Phi) is 5.27. The molecule has 0 aliphatic carbocycles. The van der Waals surface area contributed by atoms with Crippen LogP contribution in [0.3, 0.4) is 0 Å². The number of carbonyl (C=O) groups is 1. The van der Waals surface area contributed by atoms with Gasteiger partial charge in [0.15, 0.2) is 0 Å². The Labute approximate surface area is 152 Å². The van der Waals surface area contributed by atoms with E-state index in [1.165, 1.54) is 15.6 Å². The third-order valence-electron chi connectivity index (χ3n) is 4.29. The zero-order valence-electron chi connectivity index (χ0n) is 14.4. The van der Waals surface area contributed by atoms with Crippen LogP contribution in [0.5, 0.6) is 0 Å². The van der Waals surface area contributed by atoms with Gasteiger partial charge in [0.05, 0.1) is 6.42 Å². The first kappa shape index (κ1) is 18.1. The molecular formula is C18H22N2O3S2. The Bertz CT molecular complexity index is 881. The Balaban J connectivity index is 1.67. The van der Waals surface area contributed by atoms with Gasteiger partial charge < -0.3 is 5.32 Å². The van der Waals surface area contributed by atoms with Crippen LogP contribution in [0, 0.1) is 13.8 Å². The van der Waals surface area contributed by atoms with Crippen molar-refractivity contribution in [3.63, 3.8) is 0 Å². The molecule has 1 aromatic heterocycles. The van der Waals surface area contributed by atoms with Crippen LogP contribution in [-0.4, -0.2) is 31.7 Å². The summed E-state index contributed by atoms with van der Waals surface area (Å²) in [6.07, 6.45) is 2.00. The number of aryl methyl sites for hydroxylation is 2. The van der Waals surface area contributed by atoms with E-state index in [0.717, 1.165) is 34.5 Å². The molecule has 0 radical (unpaired) electrons. The molecule has 0 saturated carbocycles. The molecule has 1 aromatic carbocycles. The molecule has 0 atom stereocenters. The molecule has 0 bridgehead atoms. The molecule has 2 aromatic rings. The number of sulfonamides is 1. The van der Waals surface area contributed by atoms with Gasteiger partial charge in [0.1, 0.15) is 4.21 Å². The van der Waals surface area contributed by atoms with E-state index in [0.29, 0.717) is 17.3 Å². The van der Waals surface area contributed by atoms with Crippen molar-refractivity contribution >= 4 is 33.0 Å². The zero-order valence-corrected chi connectivity index (χ0v) is 16.0. The van der Waals surface area contributed by atoms with Crippen molar-refractivity contribution in [1.29, 1.82) is 0 Å². The van der Waals surface area contributed by atoms with Crippen LogP contribution in [0.15, 0.2) is 34.5 Å². The summed E-state index contributed by atoms with van der Waals surface area (Å²) < 4.78 is 26.9. The van der Waals surface area contributed by atoms with Gasteiger partial charge in [-0.2, -0.15) is 4.31 Å². The van der Waals surface area contributed by atoms with Gasteiger partial charge in [-0.15, -0.1) is 11.3 Å². The molecule has 1 fully saturated rings. The standard InChI is InChI=1S/C18H22N2O3S2/c1-13-5-7-16(14(2)11-13)19-17(21)12-15-6-8-18(24-15)25(22,23)20-9-3-4-10-20/h5-8,11H,3-4,9-10,12H2,1-2H3,(H,19,21). The maximum atomic E-state index is 12.5. The summed E-state index contributed by atoms with van der Waals surface area (Å²) in [5, 5.41) is 2.90. The molecule has 7 heteroatoms. The minimum absolute atomic E-state index is 0.140. The smallest absolute Gasteiger partial charge is 0.252 e. The number of hydrogen-bond donors (Lipinski definition) is 1. The molecule has 1 saturated heterocycles. The second-order valence-electron chi connectivity index (χ2n) is 6.38. The van der Waals surface area contributed by atoms with Crippen molar-refractivity contribution in [2.75, 3.05) is 18.4 Å². The van der Waals surface area contributed by atoms with E-state index in [2.05, 4.69) is 5.32 Å². The summed E-state index contributed by atoms with van der Waals surface area (Å²) >= 11 is 1.18. The molecule has 5 nitrogen and oxygen atoms in total. The molecule has 3 rings (SSSR count). The fraction of sp³-hybridized carbons (Fsp3) is 0.389. The number of nitrogens with one attached hydrogen (secondary N) is 1. The average Bonchev–Trinajstić information content (AvgIpc) is 3.22. The zero-order chi connectivity index (χ0) is 18.0. The van der Waals surface area contributed by atoms with Crippen molar-refractivity contribution < 1.29 is 13.2 Å². The molecule has 2 heterocycles. The summed E-state index contributed by atoms with van der Waals surface area (Å²) in [6, 6.07) is 9.20. The summed E-state index contributed by atoms with van der Waals surface area (Å²) in [5.41, 5.74) is 2.94. The normalized spacial score (nSPS) is 15.4. The molecule has 1 aliphatic heterocycles. The maximum Gasteiger partial charge on any atom is 0.252 e. The molecule has 0 spiro atoms. The van der Waals surface area contributed by atoms with Crippen LogP contribution in [0.4, 0.5) is 5.69 Å². The fourth-order valence-corrected chi connectivity index (χ4v) is 5.98. The lowest BCUT2D eigenvalue weighted by Crippen LogP contribution is -2.27. The van der Waals surface area contributed by atoms with E-state index in [9.17, 15) is 13.2 Å². The van der Waals surface area contributed by atoms with Crippen LogP contribution >= 0.6 is 11.3 Å². The third kappa shape index (κ3) is 4.11. The minimum atomic E-state index is -3.40. The highest BCUT2D eigenvalue weighted by atomic mass is 32.2. The number of carbonyl (C=O) groups excluding carboxylic acids is 1. The molecule has 25 heavy (non-hydrogen) atoms. The first-order valence-electron chi connectivity index (χ1n) is 8.32. The highest BCUT2D eigenvalue weighted by Crippen LogP contribution is 2.28. The number of anilines is 1. The van der Waals surface area contributed by atoms with Crippen LogP contribution in [0.25, 0.3) is 0 Å². The van der Waals surface area contributed by atoms with Crippen molar-refractivity contribution in [3.05, 3.63) is 46.3 Å². The second-order valence-corrected chi connectivity index (χ2v) is 9.71. The fourth-order valence-electron chi connectivity index (χ4n) is 2.95. The largest absolute Gasteiger partial charge is 0.326 e. The van der Waals surface area contributed by atoms with E-state index in [-0.39, 0.29) is 12.3 Å². The van der Waals surface area contributed by atoms with Gasteiger partial charge in [0.25, 0.3) is 10.0 Å². The third-order valence-corrected chi connectivity index (χ3v) is 7.74. The lowest BCUT2D eigenvalue weighted by molar-refractivity contribution is -0.115. The second kappa shape index (κ2) is 7.27. The minimum Gasteiger partial charge on any atom is -0.326 e. The molecule has 134 valence electrons. The molecule has 1 amide bonds. The lowest BCUT2D eigenvalue weighted by Gasteiger charge is -2.13. The Morgan fingerprint density at radius 2 is 1.88 bits per heavy atom. The Morgan fingerprint density at radius 3 is 2.56 bits per heavy atom. The number of nitrogens with zero attached hydrogens (tertiary/aromatic N) is 1. The van der Waals surface area contributed by atoms with Gasteiger partial charge in [-0.1, -0.05) is 17.7 Å². The molecule has 1 aliphatic rings. The monoisotopic (exact) mass is 378 g/mol. The number of amides is 1. The average molecular weight is 379 g/mol. The van der Waals surface area contributed by atoms with Crippen LogP contribution < -0.4 is 5.32 Å². The van der Waals surface area contributed by atoms with Gasteiger partial charge in [-0.05, 0) is 50.5 Å². The van der Waals surface area contributed by atoms with Crippen LogP contribution in [0.2, 0.25) is 0 Å². The first-order valence-corrected chi connectivity index (χ1v) is 10.6. The van der Waals surface area contributed by atoms with Crippen LogP contribution in [-0.2, 0) is 21.2 Å². The predicted molar refractivity (Wildman–Crippen MR) is 101 cm³/mol. The van der Waals surface area contributed by atoms with Crippen molar-refractivity contribution in [3.8, 4) is 0 Å². The number of rotatable bonds is 5. The lowest BCUT2D eigenvalue weighted by atomic mass is 10.1. The highest BCUT2D eigenvalue weighted by molar-refractivity contribution is 7.91. The number of thiophene rings is 1. The van der Waals surface area contributed by atoms with E-state index >= 15 is 0 Å². The molecule has 1 N–H and O–H groups in total. The van der Waals surface area contributed by atoms with Gasteiger partial charge in [0.2, 0.25) is 5.91 Å². The van der Waals surface area contributed by atoms with Gasteiger partial charge >= 0.3 is 0 Å². The van der Waals surface area contributed by atoms with Crippen molar-refractivity contribution in [1.82, 2.24) is 4.31 Å². The predicted octanol–water partition coefficient (Wildman–Crippen LogP) is 3.33. The number of hydrogen-bond acceptors (Lipinski definition) is 4. The maximum absolute atomic E-state index is 12.5. The van der Waals surface area contributed by atoms with Gasteiger partial charge in [-0.25, -0.2) is 8.42 Å². The van der Waals surface area contributed by atoms with E-state index in [1.54, 1.807) is 12.1 Å². The Morgan fingerprint density at radius 1 is 1.16 bits per heavy atom. The van der Waals surface area contributed by atoms with E-state index in [1.807, 2.05) is 32.0 Å². The van der Waals surface area contributed by atoms with Crippen molar-refractivity contribution in [2.24, 2.45) is 0 Å². The van der Waals surface area contributed by atoms with Gasteiger partial charge in [0, 0.05) is 23.7 Å². The topological polar surface area (TPSA) is 66.5 Å². The van der Waals surface area contributed by atoms with Crippen LogP contribution in [0.1, 0.15) is 28.8 Å². The highest BCUT2D eigenvalue weighted by Gasteiger charge is 2.28. The van der Waals surface area contributed by atoms with E-state index < -0.39 is 10.0 Å². The summed E-state index contributed by atoms with van der Waals surface area (Å²) in [7, 11) is -3.40. The van der Waals surface area contributed by atoms with Gasteiger partial charge in [-0.3, -0.25) is 4.79 Å². The quantitative estimate of drug-likeness (QED) is 0.868. The van der Waals surface area contributed by atoms with Crippen molar-refractivity contribution in [2.45, 2.75) is 37.3 Å². The Hall–Kier alpha value is -1.70. The molecular weight excluding hydrogens is 356 g/mol. The number of benzene rings is 1. The summed E-state index contributed by atoms with van der Waals surface area (Å²) in [6.45, 7) is 5.13. The summed E-state index contributed by atoms with van der Waals surface area (Å²) in [5.74, 6) is -0.140. The molecule has 0 unspecified atom stereocenters. The SMILES string of the molecule is Cc1ccc(NC(=O)Cc2ccc(S(=O)(=O)N3CCCC3)s2)c(C)c1. The summed E-state index contributed by atoms with van der Waals surface area (Å²) in [4.78, 5) is 13.0. The van der Waals surface area contributed by atoms with E-state index in [4.69, 9.17) is 0 Å². The first-order chi connectivity index (χ1) is 11.9.